The number of primary amides is 1. The summed E-state index contributed by atoms with van der Waals surface area (Å²) in [5, 5.41) is 14.4. The Morgan fingerprint density at radius 3 is 2.43 bits per heavy atom. The van der Waals surface area contributed by atoms with Crippen LogP contribution in [0.5, 0.6) is 0 Å². The van der Waals surface area contributed by atoms with Crippen molar-refractivity contribution in [1.82, 2.24) is 14.5 Å². The van der Waals surface area contributed by atoms with Gasteiger partial charge in [-0.3, -0.25) is 14.2 Å². The summed E-state index contributed by atoms with van der Waals surface area (Å²) in [5.74, 6) is -1.15. The van der Waals surface area contributed by atoms with Gasteiger partial charge in [-0.05, 0) is 67.9 Å². The van der Waals surface area contributed by atoms with Crippen molar-refractivity contribution in [2.75, 3.05) is 44.4 Å². The number of nitrogens with two attached hydrogens (primary N) is 1. The first-order chi connectivity index (χ1) is 19.7. The Labute approximate surface area is 245 Å². The van der Waals surface area contributed by atoms with Crippen molar-refractivity contribution in [1.29, 1.82) is 0 Å². The van der Waals surface area contributed by atoms with Gasteiger partial charge in [0.25, 0.3) is 11.8 Å². The lowest BCUT2D eigenvalue weighted by Gasteiger charge is -2.25. The molecule has 4 rings (SSSR count). The quantitative estimate of drug-likeness (QED) is 0.269. The monoisotopic (exact) mass is 574 g/mol. The van der Waals surface area contributed by atoms with Crippen LogP contribution < -0.4 is 16.0 Å². The molecule has 0 aliphatic rings. The van der Waals surface area contributed by atoms with E-state index in [9.17, 15) is 14.7 Å². The normalized spacial score (nSPS) is 11.8. The molecule has 0 saturated carbocycles. The minimum atomic E-state index is -0.618. The molecular weight excluding hydrogens is 535 g/mol. The van der Waals surface area contributed by atoms with Crippen LogP contribution in [0.15, 0.2) is 48.7 Å². The van der Waals surface area contributed by atoms with Crippen molar-refractivity contribution >= 4 is 34.4 Å². The van der Waals surface area contributed by atoms with Crippen molar-refractivity contribution in [3.63, 3.8) is 0 Å². The Bertz CT molecular complexity index is 1630. The van der Waals surface area contributed by atoms with Crippen molar-refractivity contribution in [2.45, 2.75) is 39.7 Å². The van der Waals surface area contributed by atoms with Gasteiger partial charge in [-0.15, -0.1) is 0 Å². The third-order valence-corrected chi connectivity index (χ3v) is 7.36. The standard InChI is InChI=1S/C32H39FN6O3/c1-19-15-20(32(2,3)4)16-24(33)28(19)31(42)38(7)25-9-8-10-26(23(25)18-40)39-17-22(29(34)41)21-11-12-27(36-30(21)39)35-13-14-37(5)6/h8-12,15-17,40H,13-14,18H2,1-7H3,(H2,34,41)(H,35,36). The highest BCUT2D eigenvalue weighted by Gasteiger charge is 2.26. The van der Waals surface area contributed by atoms with Gasteiger partial charge < -0.3 is 26.0 Å². The van der Waals surface area contributed by atoms with Crippen LogP contribution >= 0.6 is 0 Å². The fraction of sp³-hybridized carbons (Fsp3) is 0.344. The number of halogens is 1. The second-order valence-electron chi connectivity index (χ2n) is 11.8. The number of nitrogens with zero attached hydrogens (tertiary/aromatic N) is 4. The van der Waals surface area contributed by atoms with E-state index in [-0.39, 0.29) is 16.5 Å². The highest BCUT2D eigenvalue weighted by atomic mass is 19.1. The van der Waals surface area contributed by atoms with Crippen LogP contribution in [0.2, 0.25) is 0 Å². The second-order valence-corrected chi connectivity index (χ2v) is 11.8. The highest BCUT2D eigenvalue weighted by Crippen LogP contribution is 2.33. The molecule has 10 heteroatoms. The van der Waals surface area contributed by atoms with Crippen molar-refractivity contribution in [3.05, 3.63) is 82.3 Å². The first kappa shape index (κ1) is 30.7. The summed E-state index contributed by atoms with van der Waals surface area (Å²) in [5.41, 5.74) is 8.74. The number of pyridine rings is 1. The zero-order valence-electron chi connectivity index (χ0n) is 25.2. The highest BCUT2D eigenvalue weighted by molar-refractivity contribution is 6.08. The average molecular weight is 575 g/mol. The lowest BCUT2D eigenvalue weighted by Crippen LogP contribution is -2.29. The average Bonchev–Trinajstić information content (AvgIpc) is 3.30. The molecule has 2 heterocycles. The molecule has 0 aliphatic heterocycles. The van der Waals surface area contributed by atoms with E-state index in [0.29, 0.717) is 45.9 Å². The number of amides is 2. The molecular formula is C32H39FN6O3. The van der Waals surface area contributed by atoms with Crippen LogP contribution in [0.1, 0.15) is 58.2 Å². The molecule has 2 aromatic carbocycles. The predicted molar refractivity (Wildman–Crippen MR) is 165 cm³/mol. The number of aromatic nitrogens is 2. The molecule has 4 aromatic rings. The largest absolute Gasteiger partial charge is 0.392 e. The number of benzene rings is 2. The van der Waals surface area contributed by atoms with Crippen LogP contribution in [0.25, 0.3) is 16.7 Å². The van der Waals surface area contributed by atoms with Gasteiger partial charge in [0, 0.05) is 37.3 Å². The number of nitrogens with one attached hydrogen (secondary N) is 1. The minimum Gasteiger partial charge on any atom is -0.392 e. The zero-order valence-corrected chi connectivity index (χ0v) is 25.2. The van der Waals surface area contributed by atoms with Crippen molar-refractivity contribution in [2.24, 2.45) is 5.73 Å². The fourth-order valence-electron chi connectivity index (χ4n) is 4.98. The molecule has 9 nitrogen and oxygen atoms in total. The SMILES string of the molecule is Cc1cc(C(C)(C)C)cc(F)c1C(=O)N(C)c1cccc(-n2cc(C(N)=O)c3ccc(NCCN(C)C)nc32)c1CO. The van der Waals surface area contributed by atoms with Gasteiger partial charge in [0.05, 0.1) is 29.1 Å². The predicted octanol–water partition coefficient (Wildman–Crippen LogP) is 4.61. The molecule has 2 aromatic heterocycles. The Hall–Kier alpha value is -4.28. The molecule has 0 spiro atoms. The molecule has 2 amide bonds. The maximum absolute atomic E-state index is 15.4. The second kappa shape index (κ2) is 11.9. The van der Waals surface area contributed by atoms with E-state index in [1.807, 2.05) is 45.8 Å². The Morgan fingerprint density at radius 2 is 1.83 bits per heavy atom. The molecule has 222 valence electrons. The summed E-state index contributed by atoms with van der Waals surface area (Å²) in [7, 11) is 5.50. The van der Waals surface area contributed by atoms with Crippen LogP contribution in [0.4, 0.5) is 15.9 Å². The first-order valence-corrected chi connectivity index (χ1v) is 13.8. The maximum atomic E-state index is 15.4. The third kappa shape index (κ3) is 6.00. The number of aliphatic hydroxyl groups is 1. The van der Waals surface area contributed by atoms with Gasteiger partial charge >= 0.3 is 0 Å². The molecule has 0 saturated heterocycles. The minimum absolute atomic E-state index is 0.0303. The summed E-state index contributed by atoms with van der Waals surface area (Å²) in [6.45, 7) is 8.70. The number of likely N-dealkylation sites (N-methyl/N-ethyl adjacent to an activating group) is 1. The Balaban J connectivity index is 1.81. The van der Waals surface area contributed by atoms with E-state index in [1.165, 1.54) is 11.0 Å². The van der Waals surface area contributed by atoms with Gasteiger partial charge in [0.1, 0.15) is 17.3 Å². The van der Waals surface area contributed by atoms with Gasteiger partial charge in [0.15, 0.2) is 0 Å². The van der Waals surface area contributed by atoms with E-state index in [2.05, 4.69) is 5.32 Å². The molecule has 0 unspecified atom stereocenters. The van der Waals surface area contributed by atoms with E-state index >= 15 is 4.39 Å². The maximum Gasteiger partial charge on any atom is 0.261 e. The Kier molecular flexibility index (Phi) is 8.70. The number of aliphatic hydroxyl groups excluding tert-OH is 1. The summed E-state index contributed by atoms with van der Waals surface area (Å²) in [4.78, 5) is 34.1. The molecule has 42 heavy (non-hydrogen) atoms. The number of carbonyl (C=O) groups excluding carboxylic acids is 2. The summed E-state index contributed by atoms with van der Waals surface area (Å²) < 4.78 is 17.0. The molecule has 0 aliphatic carbocycles. The van der Waals surface area contributed by atoms with Crippen LogP contribution in [-0.4, -0.2) is 65.6 Å². The van der Waals surface area contributed by atoms with Gasteiger partial charge in [-0.25, -0.2) is 9.37 Å². The molecule has 0 bridgehead atoms. The number of fused-ring (bicyclic) bond motifs is 1. The summed E-state index contributed by atoms with van der Waals surface area (Å²) in [6, 6.07) is 12.0. The topological polar surface area (TPSA) is 117 Å². The molecule has 0 atom stereocenters. The number of hydrogen-bond donors (Lipinski definition) is 3. The fourth-order valence-corrected chi connectivity index (χ4v) is 4.98. The van der Waals surface area contributed by atoms with Crippen LogP contribution in [-0.2, 0) is 12.0 Å². The molecule has 0 radical (unpaired) electrons. The van der Waals surface area contributed by atoms with Crippen LogP contribution in [0, 0.1) is 12.7 Å². The lowest BCUT2D eigenvalue weighted by atomic mass is 9.85. The van der Waals surface area contributed by atoms with E-state index < -0.39 is 24.2 Å². The third-order valence-electron chi connectivity index (χ3n) is 7.36. The van der Waals surface area contributed by atoms with E-state index in [4.69, 9.17) is 10.7 Å². The number of hydrogen-bond acceptors (Lipinski definition) is 6. The van der Waals surface area contributed by atoms with Gasteiger partial charge in [-0.1, -0.05) is 32.9 Å². The lowest BCUT2D eigenvalue weighted by molar-refractivity contribution is 0.0984. The van der Waals surface area contributed by atoms with Crippen molar-refractivity contribution in [3.8, 4) is 5.69 Å². The number of aryl methyl sites for hydroxylation is 1. The molecule has 0 fully saturated rings. The number of carbonyl (C=O) groups is 2. The number of rotatable bonds is 9. The number of anilines is 2. The summed E-state index contributed by atoms with van der Waals surface area (Å²) in [6.07, 6.45) is 1.58. The van der Waals surface area contributed by atoms with E-state index in [0.717, 1.165) is 12.1 Å². The summed E-state index contributed by atoms with van der Waals surface area (Å²) >= 11 is 0. The van der Waals surface area contributed by atoms with Crippen LogP contribution in [0.3, 0.4) is 0 Å². The van der Waals surface area contributed by atoms with Gasteiger partial charge in [0.2, 0.25) is 0 Å². The first-order valence-electron chi connectivity index (χ1n) is 13.8. The zero-order chi connectivity index (χ0) is 30.9. The van der Waals surface area contributed by atoms with Gasteiger partial charge in [-0.2, -0.15) is 0 Å². The van der Waals surface area contributed by atoms with Crippen molar-refractivity contribution < 1.29 is 19.1 Å². The van der Waals surface area contributed by atoms with E-state index in [1.54, 1.807) is 55.1 Å². The molecule has 4 N–H and O–H groups in total. The Morgan fingerprint density at radius 1 is 1.12 bits per heavy atom. The smallest absolute Gasteiger partial charge is 0.261 e.